The van der Waals surface area contributed by atoms with Gasteiger partial charge in [-0.25, -0.2) is 0 Å². The molecule has 1 aliphatic rings. The number of rotatable bonds is 6. The topological polar surface area (TPSA) is 73.2 Å². The first-order chi connectivity index (χ1) is 17.0. The van der Waals surface area contributed by atoms with Crippen LogP contribution in [0.4, 0.5) is 0 Å². The summed E-state index contributed by atoms with van der Waals surface area (Å²) in [6.45, 7) is 1.13. The van der Waals surface area contributed by atoms with E-state index < -0.39 is 0 Å². The fourth-order valence-electron chi connectivity index (χ4n) is 5.09. The Morgan fingerprint density at radius 2 is 1.86 bits per heavy atom. The van der Waals surface area contributed by atoms with Crippen molar-refractivity contribution in [2.75, 3.05) is 13.7 Å². The second-order valence-corrected chi connectivity index (χ2v) is 9.72. The minimum absolute atomic E-state index is 0.0218. The number of pyridine rings is 1. The van der Waals surface area contributed by atoms with E-state index in [4.69, 9.17) is 21.3 Å². The second kappa shape index (κ2) is 10.1. The highest BCUT2D eigenvalue weighted by molar-refractivity contribution is 6.32. The minimum Gasteiger partial charge on any atom is -0.469 e. The molecule has 1 saturated carbocycles. The molecular formula is C28H28ClN3O3. The van der Waals surface area contributed by atoms with Crippen LogP contribution in [0.2, 0.25) is 5.02 Å². The van der Waals surface area contributed by atoms with Crippen LogP contribution in [0.3, 0.4) is 0 Å². The summed E-state index contributed by atoms with van der Waals surface area (Å²) in [5.74, 6) is 0.0594. The molecule has 0 spiro atoms. The number of amides is 1. The van der Waals surface area contributed by atoms with E-state index >= 15 is 0 Å². The van der Waals surface area contributed by atoms with E-state index in [1.807, 2.05) is 48.7 Å². The van der Waals surface area contributed by atoms with Crippen molar-refractivity contribution in [2.24, 2.45) is 11.8 Å². The van der Waals surface area contributed by atoms with Gasteiger partial charge in [0.25, 0.3) is 5.91 Å². The summed E-state index contributed by atoms with van der Waals surface area (Å²) < 4.78 is 6.93. The number of benzene rings is 2. The molecule has 0 radical (unpaired) electrons. The van der Waals surface area contributed by atoms with Crippen LogP contribution in [0.15, 0.2) is 60.8 Å². The van der Waals surface area contributed by atoms with Gasteiger partial charge in [-0.1, -0.05) is 35.9 Å². The van der Waals surface area contributed by atoms with Gasteiger partial charge in [0.2, 0.25) is 0 Å². The smallest absolute Gasteiger partial charge is 0.308 e. The molecule has 1 amide bonds. The van der Waals surface area contributed by atoms with Crippen LogP contribution in [-0.4, -0.2) is 35.1 Å². The number of hydrogen-bond donors (Lipinski definition) is 1. The Bertz CT molecular complexity index is 1390. The summed E-state index contributed by atoms with van der Waals surface area (Å²) in [4.78, 5) is 29.8. The number of carbonyl (C=O) groups excluding carboxylic acids is 2. The maximum absolute atomic E-state index is 13.3. The lowest BCUT2D eigenvalue weighted by molar-refractivity contribution is -0.146. The second-order valence-electron chi connectivity index (χ2n) is 9.28. The van der Waals surface area contributed by atoms with Gasteiger partial charge in [-0.3, -0.25) is 14.6 Å². The Morgan fingerprint density at radius 3 is 2.66 bits per heavy atom. The number of nitrogens with zero attached hydrogens (tertiary/aromatic N) is 2. The summed E-state index contributed by atoms with van der Waals surface area (Å²) >= 11 is 6.37. The molecule has 1 fully saturated rings. The molecule has 1 aliphatic carbocycles. The molecule has 0 unspecified atom stereocenters. The third-order valence-electron chi connectivity index (χ3n) is 6.99. The zero-order valence-corrected chi connectivity index (χ0v) is 20.4. The van der Waals surface area contributed by atoms with Crippen molar-refractivity contribution in [2.45, 2.75) is 32.2 Å². The number of carbonyl (C=O) groups is 2. The Morgan fingerprint density at radius 1 is 1.06 bits per heavy atom. The summed E-state index contributed by atoms with van der Waals surface area (Å²) in [5.41, 5.74) is 3.27. The third-order valence-corrected chi connectivity index (χ3v) is 7.21. The van der Waals surface area contributed by atoms with Gasteiger partial charge in [-0.2, -0.15) is 0 Å². The van der Waals surface area contributed by atoms with E-state index in [-0.39, 0.29) is 17.8 Å². The van der Waals surface area contributed by atoms with E-state index in [0.29, 0.717) is 29.6 Å². The quantitative estimate of drug-likeness (QED) is 0.358. The van der Waals surface area contributed by atoms with Crippen molar-refractivity contribution in [1.29, 1.82) is 0 Å². The van der Waals surface area contributed by atoms with E-state index in [0.717, 1.165) is 53.2 Å². The highest BCUT2D eigenvalue weighted by Crippen LogP contribution is 2.30. The van der Waals surface area contributed by atoms with Crippen molar-refractivity contribution in [3.8, 4) is 0 Å². The molecule has 180 valence electrons. The zero-order chi connectivity index (χ0) is 24.4. The maximum Gasteiger partial charge on any atom is 0.308 e. The number of methoxy groups -OCH3 is 1. The van der Waals surface area contributed by atoms with Gasteiger partial charge in [-0.05, 0) is 61.9 Å². The van der Waals surface area contributed by atoms with Gasteiger partial charge in [0.1, 0.15) is 0 Å². The Hall–Kier alpha value is -3.38. The standard InChI is InChI=1S/C28H28ClN3O3/c1-35-28(34)20-8-6-18(7-9-20)16-30-27(33)24-15-22(29)14-21-12-13-32(26(21)24)17-23-11-10-19-4-2-3-5-25(19)31-23/h2-5,10-15,18,20H,6-9,16-17H2,1H3,(H,30,33)/t18-,20-. The lowest BCUT2D eigenvalue weighted by Crippen LogP contribution is -2.33. The van der Waals surface area contributed by atoms with Crippen LogP contribution in [0, 0.1) is 11.8 Å². The van der Waals surface area contributed by atoms with Gasteiger partial charge in [0, 0.05) is 28.5 Å². The van der Waals surface area contributed by atoms with Gasteiger partial charge < -0.3 is 14.6 Å². The third kappa shape index (κ3) is 5.03. The van der Waals surface area contributed by atoms with Crippen molar-refractivity contribution >= 4 is 45.3 Å². The van der Waals surface area contributed by atoms with Gasteiger partial charge in [0.05, 0.1) is 41.9 Å². The maximum atomic E-state index is 13.3. The van der Waals surface area contributed by atoms with Crippen LogP contribution < -0.4 is 5.32 Å². The van der Waals surface area contributed by atoms with Crippen LogP contribution in [-0.2, 0) is 16.1 Å². The first-order valence-corrected chi connectivity index (χ1v) is 12.4. The number of hydrogen-bond acceptors (Lipinski definition) is 4. The molecule has 5 rings (SSSR count). The monoisotopic (exact) mass is 489 g/mol. The van der Waals surface area contributed by atoms with Gasteiger partial charge in [-0.15, -0.1) is 0 Å². The summed E-state index contributed by atoms with van der Waals surface area (Å²) in [5, 5.41) is 5.66. The minimum atomic E-state index is -0.140. The number of halogens is 1. The van der Waals surface area contributed by atoms with Gasteiger partial charge in [0.15, 0.2) is 0 Å². The largest absolute Gasteiger partial charge is 0.469 e. The first kappa shape index (κ1) is 23.4. The van der Waals surface area contributed by atoms with E-state index in [2.05, 4.69) is 16.0 Å². The molecule has 0 bridgehead atoms. The average Bonchev–Trinajstić information content (AvgIpc) is 3.28. The Balaban J connectivity index is 1.33. The normalized spacial score (nSPS) is 18.0. The van der Waals surface area contributed by atoms with E-state index in [1.165, 1.54) is 7.11 Å². The lowest BCUT2D eigenvalue weighted by Gasteiger charge is -2.27. The Labute approximate surface area is 209 Å². The Kier molecular flexibility index (Phi) is 6.73. The highest BCUT2D eigenvalue weighted by Gasteiger charge is 2.27. The number of esters is 1. The number of fused-ring (bicyclic) bond motifs is 2. The molecule has 2 aromatic heterocycles. The number of ether oxygens (including phenoxy) is 1. The first-order valence-electron chi connectivity index (χ1n) is 12.0. The van der Waals surface area contributed by atoms with Crippen LogP contribution in [0.1, 0.15) is 41.7 Å². The average molecular weight is 490 g/mol. The fraction of sp³-hybridized carbons (Fsp3) is 0.321. The SMILES string of the molecule is COC(=O)[C@H]1CC[C@H](CNC(=O)c2cc(Cl)cc3ccn(Cc4ccc5ccccc5n4)c23)CC1. The predicted molar refractivity (Wildman–Crippen MR) is 138 cm³/mol. The van der Waals surface area contributed by atoms with E-state index in [9.17, 15) is 9.59 Å². The molecule has 6 nitrogen and oxygen atoms in total. The molecule has 2 aromatic carbocycles. The molecule has 0 aliphatic heterocycles. The molecule has 2 heterocycles. The molecular weight excluding hydrogens is 462 g/mol. The van der Waals surface area contributed by atoms with Gasteiger partial charge >= 0.3 is 5.97 Å². The number of para-hydroxylation sites is 1. The molecule has 0 atom stereocenters. The molecule has 1 N–H and O–H groups in total. The summed E-state index contributed by atoms with van der Waals surface area (Å²) in [6, 6.07) is 17.7. The van der Waals surface area contributed by atoms with Crippen LogP contribution >= 0.6 is 11.6 Å². The molecule has 35 heavy (non-hydrogen) atoms. The van der Waals surface area contributed by atoms with Crippen molar-refractivity contribution < 1.29 is 14.3 Å². The van der Waals surface area contributed by atoms with Crippen molar-refractivity contribution in [3.63, 3.8) is 0 Å². The van der Waals surface area contributed by atoms with E-state index in [1.54, 1.807) is 6.07 Å². The molecule has 0 saturated heterocycles. The molecule has 7 heteroatoms. The predicted octanol–water partition coefficient (Wildman–Crippen LogP) is 5.60. The number of nitrogens with one attached hydrogen (secondary N) is 1. The zero-order valence-electron chi connectivity index (χ0n) is 19.7. The van der Waals surface area contributed by atoms with Crippen LogP contribution in [0.5, 0.6) is 0 Å². The summed E-state index contributed by atoms with van der Waals surface area (Å²) in [7, 11) is 1.44. The van der Waals surface area contributed by atoms with Crippen molar-refractivity contribution in [3.05, 3.63) is 77.1 Å². The van der Waals surface area contributed by atoms with Crippen LogP contribution in [0.25, 0.3) is 21.8 Å². The summed E-state index contributed by atoms with van der Waals surface area (Å²) in [6.07, 6.45) is 5.37. The van der Waals surface area contributed by atoms with Crippen molar-refractivity contribution in [1.82, 2.24) is 14.9 Å². The molecule has 4 aromatic rings. The fourth-order valence-corrected chi connectivity index (χ4v) is 5.32. The number of aromatic nitrogens is 2. The lowest BCUT2D eigenvalue weighted by atomic mass is 9.82. The highest BCUT2D eigenvalue weighted by atomic mass is 35.5.